The number of nitrogens with zero attached hydrogens (tertiary/aromatic N) is 3. The lowest BCUT2D eigenvalue weighted by atomic mass is 10.2. The maximum absolute atomic E-state index is 12.6. The molecule has 0 atom stereocenters. The van der Waals surface area contributed by atoms with Crippen LogP contribution in [0.4, 0.5) is 0 Å². The molecule has 8 heteroatoms. The number of rotatable bonds is 5. The highest BCUT2D eigenvalue weighted by molar-refractivity contribution is 7.86. The Kier molecular flexibility index (Phi) is 6.62. The van der Waals surface area contributed by atoms with Crippen molar-refractivity contribution in [3.05, 3.63) is 34.9 Å². The number of hydrogen-bond acceptors (Lipinski definition) is 3. The Morgan fingerprint density at radius 3 is 2.50 bits per heavy atom. The van der Waals surface area contributed by atoms with Crippen LogP contribution in [0.1, 0.15) is 30.6 Å². The minimum absolute atomic E-state index is 0.111. The summed E-state index contributed by atoms with van der Waals surface area (Å²) in [5.41, 5.74) is 0.530. The molecule has 1 heterocycles. The Morgan fingerprint density at radius 1 is 1.17 bits per heavy atom. The van der Waals surface area contributed by atoms with Gasteiger partial charge in [-0.2, -0.15) is 17.0 Å². The minimum atomic E-state index is -3.46. The van der Waals surface area contributed by atoms with Crippen LogP contribution in [-0.4, -0.2) is 67.1 Å². The topological polar surface area (TPSA) is 60.9 Å². The molecule has 0 saturated carbocycles. The predicted molar refractivity (Wildman–Crippen MR) is 95.4 cm³/mol. The molecule has 24 heavy (non-hydrogen) atoms. The number of halogens is 1. The zero-order valence-corrected chi connectivity index (χ0v) is 15.7. The van der Waals surface area contributed by atoms with Crippen LogP contribution in [0.15, 0.2) is 24.3 Å². The first kappa shape index (κ1) is 19.2. The van der Waals surface area contributed by atoms with Crippen molar-refractivity contribution < 1.29 is 13.2 Å². The molecule has 1 saturated heterocycles. The van der Waals surface area contributed by atoms with E-state index in [4.69, 9.17) is 11.6 Å². The fraction of sp³-hybridized carbons (Fsp3) is 0.562. The van der Waals surface area contributed by atoms with E-state index in [0.717, 1.165) is 0 Å². The molecular formula is C16H24ClN3O3S. The second-order valence-corrected chi connectivity index (χ2v) is 8.01. The molecule has 1 aromatic rings. The van der Waals surface area contributed by atoms with Crippen molar-refractivity contribution in [1.82, 2.24) is 13.5 Å². The number of hydrogen-bond donors (Lipinski definition) is 0. The van der Waals surface area contributed by atoms with Crippen LogP contribution < -0.4 is 0 Å². The standard InChI is InChI=1S/C16H24ClN3O3S/c1-3-19(4-2)24(22,23)20-10-6-9-18(11-12-20)16(21)14-7-5-8-15(17)13-14/h5,7-8,13H,3-4,6,9-12H2,1-2H3. The summed E-state index contributed by atoms with van der Waals surface area (Å²) in [6.07, 6.45) is 0.618. The molecule has 6 nitrogen and oxygen atoms in total. The highest BCUT2D eigenvalue weighted by Gasteiger charge is 2.30. The molecule has 0 aromatic heterocycles. The van der Waals surface area contributed by atoms with Gasteiger partial charge in [0.05, 0.1) is 0 Å². The first-order valence-electron chi connectivity index (χ1n) is 8.20. The van der Waals surface area contributed by atoms with Gasteiger partial charge in [0.25, 0.3) is 16.1 Å². The van der Waals surface area contributed by atoms with Crippen molar-refractivity contribution in [2.75, 3.05) is 39.3 Å². The molecule has 1 aliphatic heterocycles. The summed E-state index contributed by atoms with van der Waals surface area (Å²) in [7, 11) is -3.46. The van der Waals surface area contributed by atoms with Crippen molar-refractivity contribution >= 4 is 27.7 Å². The molecule has 0 spiro atoms. The van der Waals surface area contributed by atoms with Crippen molar-refractivity contribution in [3.8, 4) is 0 Å². The monoisotopic (exact) mass is 373 g/mol. The van der Waals surface area contributed by atoms with E-state index in [1.165, 1.54) is 8.61 Å². The third-order valence-corrected chi connectivity index (χ3v) is 6.59. The lowest BCUT2D eigenvalue weighted by molar-refractivity contribution is 0.0764. The van der Waals surface area contributed by atoms with Gasteiger partial charge in [-0.05, 0) is 24.6 Å². The van der Waals surface area contributed by atoms with Gasteiger partial charge in [-0.1, -0.05) is 31.5 Å². The van der Waals surface area contributed by atoms with Gasteiger partial charge in [-0.15, -0.1) is 0 Å². The van der Waals surface area contributed by atoms with E-state index in [1.807, 2.05) is 13.8 Å². The highest BCUT2D eigenvalue weighted by Crippen LogP contribution is 2.16. The molecular weight excluding hydrogens is 350 g/mol. The third-order valence-electron chi connectivity index (χ3n) is 4.17. The van der Waals surface area contributed by atoms with E-state index in [9.17, 15) is 13.2 Å². The van der Waals surface area contributed by atoms with Gasteiger partial charge >= 0.3 is 0 Å². The van der Waals surface area contributed by atoms with E-state index in [-0.39, 0.29) is 5.91 Å². The van der Waals surface area contributed by atoms with Crippen molar-refractivity contribution in [3.63, 3.8) is 0 Å². The molecule has 0 radical (unpaired) electrons. The first-order chi connectivity index (χ1) is 11.4. The van der Waals surface area contributed by atoms with Gasteiger partial charge in [0.2, 0.25) is 0 Å². The van der Waals surface area contributed by atoms with Crippen LogP contribution in [0.2, 0.25) is 5.02 Å². The lowest BCUT2D eigenvalue weighted by Gasteiger charge is -2.27. The number of carbonyl (C=O) groups is 1. The molecule has 134 valence electrons. The molecule has 0 unspecified atom stereocenters. The normalized spacial score (nSPS) is 17.1. The first-order valence-corrected chi connectivity index (χ1v) is 9.97. The smallest absolute Gasteiger partial charge is 0.282 e. The maximum atomic E-state index is 12.6. The molecule has 0 N–H and O–H groups in total. The number of benzene rings is 1. The SMILES string of the molecule is CCN(CC)S(=O)(=O)N1CCCN(C(=O)c2cccc(Cl)c2)CC1. The van der Waals surface area contributed by atoms with E-state index < -0.39 is 10.2 Å². The summed E-state index contributed by atoms with van der Waals surface area (Å²) >= 11 is 5.95. The third kappa shape index (κ3) is 4.27. The van der Waals surface area contributed by atoms with Crippen LogP contribution >= 0.6 is 11.6 Å². The average molecular weight is 374 g/mol. The maximum Gasteiger partial charge on any atom is 0.282 e. The summed E-state index contributed by atoms with van der Waals surface area (Å²) in [6.45, 7) is 6.20. The molecule has 1 fully saturated rings. The molecule has 0 bridgehead atoms. The summed E-state index contributed by atoms with van der Waals surface area (Å²) in [4.78, 5) is 14.3. The van der Waals surface area contributed by atoms with Crippen LogP contribution in [-0.2, 0) is 10.2 Å². The quantitative estimate of drug-likeness (QED) is 0.793. The Morgan fingerprint density at radius 2 is 1.88 bits per heavy atom. The summed E-state index contributed by atoms with van der Waals surface area (Å²) in [5.74, 6) is -0.111. The second-order valence-electron chi connectivity index (χ2n) is 5.65. The fourth-order valence-corrected chi connectivity index (χ4v) is 4.69. The van der Waals surface area contributed by atoms with Crippen LogP contribution in [0.5, 0.6) is 0 Å². The summed E-state index contributed by atoms with van der Waals surface area (Å²) in [5, 5.41) is 0.515. The van der Waals surface area contributed by atoms with Crippen LogP contribution in [0.25, 0.3) is 0 Å². The predicted octanol–water partition coefficient (Wildman–Crippen LogP) is 2.07. The van der Waals surface area contributed by atoms with E-state index >= 15 is 0 Å². The second kappa shape index (κ2) is 8.29. The van der Waals surface area contributed by atoms with Crippen molar-refractivity contribution in [1.29, 1.82) is 0 Å². The Bertz CT molecular complexity index is 677. The molecule has 0 aliphatic carbocycles. The zero-order valence-electron chi connectivity index (χ0n) is 14.1. The minimum Gasteiger partial charge on any atom is -0.337 e. The largest absolute Gasteiger partial charge is 0.337 e. The van der Waals surface area contributed by atoms with Gasteiger partial charge in [-0.25, -0.2) is 0 Å². The van der Waals surface area contributed by atoms with Crippen LogP contribution in [0, 0.1) is 0 Å². The number of carbonyl (C=O) groups excluding carboxylic acids is 1. The Hall–Kier alpha value is -1.15. The number of amides is 1. The Balaban J connectivity index is 2.09. The van der Waals surface area contributed by atoms with Gasteiger partial charge in [0, 0.05) is 49.9 Å². The molecule has 1 aromatic carbocycles. The molecule has 2 rings (SSSR count). The summed E-state index contributed by atoms with van der Waals surface area (Å²) in [6, 6.07) is 6.83. The molecule has 1 aliphatic rings. The van der Waals surface area contributed by atoms with Crippen LogP contribution in [0.3, 0.4) is 0 Å². The Labute approximate surface area is 149 Å². The van der Waals surface area contributed by atoms with E-state index in [2.05, 4.69) is 0 Å². The highest BCUT2D eigenvalue weighted by atomic mass is 35.5. The molecule has 1 amide bonds. The van der Waals surface area contributed by atoms with Gasteiger partial charge < -0.3 is 4.90 Å². The van der Waals surface area contributed by atoms with Gasteiger partial charge in [0.15, 0.2) is 0 Å². The van der Waals surface area contributed by atoms with E-state index in [1.54, 1.807) is 29.2 Å². The van der Waals surface area contributed by atoms with Gasteiger partial charge in [0.1, 0.15) is 0 Å². The summed E-state index contributed by atoms with van der Waals surface area (Å²) < 4.78 is 28.2. The van der Waals surface area contributed by atoms with Crippen molar-refractivity contribution in [2.45, 2.75) is 20.3 Å². The average Bonchev–Trinajstić information content (AvgIpc) is 2.81. The lowest BCUT2D eigenvalue weighted by Crippen LogP contribution is -2.45. The van der Waals surface area contributed by atoms with Gasteiger partial charge in [-0.3, -0.25) is 4.79 Å². The van der Waals surface area contributed by atoms with E-state index in [0.29, 0.717) is 56.3 Å². The zero-order chi connectivity index (χ0) is 17.7. The fourth-order valence-electron chi connectivity index (χ4n) is 2.84. The van der Waals surface area contributed by atoms with Crippen molar-refractivity contribution in [2.24, 2.45) is 0 Å².